The van der Waals surface area contributed by atoms with Crippen LogP contribution in [0.1, 0.15) is 24.3 Å². The zero-order valence-corrected chi connectivity index (χ0v) is 15.7. The third-order valence-electron chi connectivity index (χ3n) is 4.97. The van der Waals surface area contributed by atoms with Crippen molar-refractivity contribution in [2.45, 2.75) is 18.8 Å². The standard InChI is InChI=1S/C20H22N6O2/c1-28-18-4-2-3-16(13-18)15-7-11-25(12-8-15)20(27)24-17-5-6-19(21-14-17)26-22-9-10-23-26/h2-6,9-10,13-15H,7-8,11-12H2,1H3,(H,24,27). The molecule has 1 aliphatic heterocycles. The van der Waals surface area contributed by atoms with Gasteiger partial charge in [0.25, 0.3) is 0 Å². The monoisotopic (exact) mass is 378 g/mol. The molecular formula is C20H22N6O2. The number of urea groups is 1. The Labute approximate surface area is 163 Å². The van der Waals surface area contributed by atoms with Crippen molar-refractivity contribution in [3.63, 3.8) is 0 Å². The average Bonchev–Trinajstić information content (AvgIpc) is 3.29. The molecule has 1 fully saturated rings. The summed E-state index contributed by atoms with van der Waals surface area (Å²) in [5.74, 6) is 1.92. The second-order valence-corrected chi connectivity index (χ2v) is 6.69. The fourth-order valence-electron chi connectivity index (χ4n) is 3.43. The molecule has 3 heterocycles. The Morgan fingerprint density at radius 2 is 1.93 bits per heavy atom. The lowest BCUT2D eigenvalue weighted by molar-refractivity contribution is 0.194. The van der Waals surface area contributed by atoms with Crippen molar-refractivity contribution in [2.24, 2.45) is 0 Å². The minimum Gasteiger partial charge on any atom is -0.497 e. The quantitative estimate of drug-likeness (QED) is 0.754. The molecule has 3 aromatic rings. The number of anilines is 1. The molecule has 0 bridgehead atoms. The number of ether oxygens (including phenoxy) is 1. The molecule has 8 heteroatoms. The van der Waals surface area contributed by atoms with Crippen molar-refractivity contribution in [3.05, 3.63) is 60.6 Å². The summed E-state index contributed by atoms with van der Waals surface area (Å²) in [4.78, 5) is 20.1. The predicted octanol–water partition coefficient (Wildman–Crippen LogP) is 3.08. The van der Waals surface area contributed by atoms with Crippen LogP contribution >= 0.6 is 0 Å². The number of aromatic nitrogens is 4. The van der Waals surface area contributed by atoms with Gasteiger partial charge in [-0.05, 0) is 48.6 Å². The molecule has 0 atom stereocenters. The van der Waals surface area contributed by atoms with Crippen LogP contribution in [0.15, 0.2) is 55.0 Å². The summed E-state index contributed by atoms with van der Waals surface area (Å²) in [6.07, 6.45) is 6.66. The average molecular weight is 378 g/mol. The lowest BCUT2D eigenvalue weighted by atomic mass is 9.89. The number of benzene rings is 1. The first-order valence-corrected chi connectivity index (χ1v) is 9.25. The van der Waals surface area contributed by atoms with E-state index in [0.717, 1.165) is 31.7 Å². The Kier molecular flexibility index (Phi) is 5.18. The van der Waals surface area contributed by atoms with Gasteiger partial charge in [0.15, 0.2) is 5.82 Å². The lowest BCUT2D eigenvalue weighted by Gasteiger charge is -2.32. The number of nitrogens with zero attached hydrogens (tertiary/aromatic N) is 5. The molecule has 1 aliphatic rings. The minimum atomic E-state index is -0.101. The van der Waals surface area contributed by atoms with Crippen molar-refractivity contribution in [1.82, 2.24) is 24.9 Å². The maximum absolute atomic E-state index is 12.6. The fraction of sp³-hybridized carbons (Fsp3) is 0.300. The lowest BCUT2D eigenvalue weighted by Crippen LogP contribution is -2.40. The maximum Gasteiger partial charge on any atom is 0.321 e. The van der Waals surface area contributed by atoms with Crippen LogP contribution in [0.5, 0.6) is 5.75 Å². The molecule has 8 nitrogen and oxygen atoms in total. The molecule has 0 saturated carbocycles. The van der Waals surface area contributed by atoms with Crippen LogP contribution < -0.4 is 10.1 Å². The Morgan fingerprint density at radius 3 is 2.61 bits per heavy atom. The first-order chi connectivity index (χ1) is 13.7. The molecule has 2 aromatic heterocycles. The number of hydrogen-bond acceptors (Lipinski definition) is 5. The summed E-state index contributed by atoms with van der Waals surface area (Å²) in [6, 6.07) is 11.6. The number of likely N-dealkylation sites (tertiary alicyclic amines) is 1. The molecular weight excluding hydrogens is 356 g/mol. The Hall–Kier alpha value is -3.42. The Balaban J connectivity index is 1.32. The Bertz CT molecular complexity index is 918. The highest BCUT2D eigenvalue weighted by Gasteiger charge is 2.24. The van der Waals surface area contributed by atoms with E-state index < -0.39 is 0 Å². The van der Waals surface area contributed by atoms with E-state index in [0.29, 0.717) is 17.4 Å². The zero-order chi connectivity index (χ0) is 19.3. The van der Waals surface area contributed by atoms with Gasteiger partial charge in [0, 0.05) is 13.1 Å². The van der Waals surface area contributed by atoms with Crippen LogP contribution in [0.4, 0.5) is 10.5 Å². The van der Waals surface area contributed by atoms with Crippen molar-refractivity contribution < 1.29 is 9.53 Å². The molecule has 0 unspecified atom stereocenters. The van der Waals surface area contributed by atoms with Crippen LogP contribution in [-0.4, -0.2) is 51.1 Å². The fourth-order valence-corrected chi connectivity index (χ4v) is 3.43. The molecule has 1 aromatic carbocycles. The third kappa shape index (κ3) is 3.95. The summed E-state index contributed by atoms with van der Waals surface area (Å²) in [5.41, 5.74) is 1.92. The van der Waals surface area contributed by atoms with E-state index in [1.54, 1.807) is 37.8 Å². The van der Waals surface area contributed by atoms with Crippen molar-refractivity contribution in [1.29, 1.82) is 0 Å². The SMILES string of the molecule is COc1cccc(C2CCN(C(=O)Nc3ccc(-n4nccn4)nc3)CC2)c1. The third-order valence-corrected chi connectivity index (χ3v) is 4.97. The molecule has 144 valence electrons. The number of piperidine rings is 1. The molecule has 0 aliphatic carbocycles. The van der Waals surface area contributed by atoms with Crippen LogP contribution in [0.2, 0.25) is 0 Å². The van der Waals surface area contributed by atoms with Gasteiger partial charge in [0.05, 0.1) is 31.4 Å². The van der Waals surface area contributed by atoms with Gasteiger partial charge < -0.3 is 15.0 Å². The molecule has 28 heavy (non-hydrogen) atoms. The van der Waals surface area contributed by atoms with Gasteiger partial charge >= 0.3 is 6.03 Å². The molecule has 1 N–H and O–H groups in total. The van der Waals surface area contributed by atoms with Gasteiger partial charge in [0.2, 0.25) is 0 Å². The van der Waals surface area contributed by atoms with Gasteiger partial charge in [-0.2, -0.15) is 10.2 Å². The molecule has 1 saturated heterocycles. The van der Waals surface area contributed by atoms with Crippen LogP contribution in [0.3, 0.4) is 0 Å². The summed E-state index contributed by atoms with van der Waals surface area (Å²) >= 11 is 0. The van der Waals surface area contributed by atoms with Crippen molar-refractivity contribution in [2.75, 3.05) is 25.5 Å². The molecule has 0 radical (unpaired) electrons. The number of amides is 2. The van der Waals surface area contributed by atoms with E-state index in [-0.39, 0.29) is 6.03 Å². The van der Waals surface area contributed by atoms with Gasteiger partial charge in [-0.15, -0.1) is 4.80 Å². The number of carbonyl (C=O) groups excluding carboxylic acids is 1. The number of carbonyl (C=O) groups is 1. The zero-order valence-electron chi connectivity index (χ0n) is 15.7. The minimum absolute atomic E-state index is 0.101. The predicted molar refractivity (Wildman–Crippen MR) is 105 cm³/mol. The van der Waals surface area contributed by atoms with Gasteiger partial charge in [-0.1, -0.05) is 12.1 Å². The number of methoxy groups -OCH3 is 1. The number of pyridine rings is 1. The number of nitrogens with one attached hydrogen (secondary N) is 1. The first-order valence-electron chi connectivity index (χ1n) is 9.25. The maximum atomic E-state index is 12.6. The molecule has 2 amide bonds. The topological polar surface area (TPSA) is 85.2 Å². The number of hydrogen-bond donors (Lipinski definition) is 1. The Morgan fingerprint density at radius 1 is 1.14 bits per heavy atom. The normalized spacial score (nSPS) is 14.7. The van der Waals surface area contributed by atoms with E-state index in [1.807, 2.05) is 17.0 Å². The van der Waals surface area contributed by atoms with E-state index in [4.69, 9.17) is 4.74 Å². The number of rotatable bonds is 4. The smallest absolute Gasteiger partial charge is 0.321 e. The van der Waals surface area contributed by atoms with E-state index >= 15 is 0 Å². The highest BCUT2D eigenvalue weighted by Crippen LogP contribution is 2.30. The van der Waals surface area contributed by atoms with Gasteiger partial charge in [-0.25, -0.2) is 9.78 Å². The van der Waals surface area contributed by atoms with Crippen molar-refractivity contribution in [3.8, 4) is 11.6 Å². The molecule has 0 spiro atoms. The van der Waals surface area contributed by atoms with Crippen LogP contribution in [0, 0.1) is 0 Å². The molecule has 4 rings (SSSR count). The van der Waals surface area contributed by atoms with Crippen LogP contribution in [-0.2, 0) is 0 Å². The van der Waals surface area contributed by atoms with Gasteiger partial charge in [0.1, 0.15) is 5.75 Å². The van der Waals surface area contributed by atoms with Gasteiger partial charge in [-0.3, -0.25) is 0 Å². The summed E-state index contributed by atoms with van der Waals surface area (Å²) in [6.45, 7) is 1.44. The van der Waals surface area contributed by atoms with Crippen LogP contribution in [0.25, 0.3) is 5.82 Å². The van der Waals surface area contributed by atoms with E-state index in [9.17, 15) is 4.79 Å². The van der Waals surface area contributed by atoms with Crippen molar-refractivity contribution >= 4 is 11.7 Å². The second-order valence-electron chi connectivity index (χ2n) is 6.69. The summed E-state index contributed by atoms with van der Waals surface area (Å²) < 4.78 is 5.31. The highest BCUT2D eigenvalue weighted by molar-refractivity contribution is 5.89. The first kappa shape index (κ1) is 18.0. The second kappa shape index (κ2) is 8.08. The summed E-state index contributed by atoms with van der Waals surface area (Å²) in [5, 5.41) is 11.0. The highest BCUT2D eigenvalue weighted by atomic mass is 16.5. The van der Waals surface area contributed by atoms with E-state index in [2.05, 4.69) is 32.6 Å². The largest absolute Gasteiger partial charge is 0.497 e. The summed E-state index contributed by atoms with van der Waals surface area (Å²) in [7, 11) is 1.68. The van der Waals surface area contributed by atoms with E-state index in [1.165, 1.54) is 10.4 Å².